The van der Waals surface area contributed by atoms with Gasteiger partial charge in [0, 0.05) is 15.4 Å². The number of thiocarbonyl (C=S) groups is 1. The fourth-order valence-corrected chi connectivity index (χ4v) is 4.06. The van der Waals surface area contributed by atoms with Crippen molar-refractivity contribution < 1.29 is 14.3 Å². The normalized spacial score (nSPS) is 10.3. The molecule has 0 unspecified atom stereocenters. The molecule has 6 nitrogen and oxygen atoms in total. The van der Waals surface area contributed by atoms with Gasteiger partial charge in [0.05, 0.1) is 17.3 Å². The van der Waals surface area contributed by atoms with Crippen LogP contribution in [0.4, 0.5) is 5.13 Å². The van der Waals surface area contributed by atoms with E-state index in [1.165, 1.54) is 11.3 Å². The van der Waals surface area contributed by atoms with E-state index in [0.29, 0.717) is 10.9 Å². The lowest BCUT2D eigenvalue weighted by Gasteiger charge is -2.09. The molecule has 29 heavy (non-hydrogen) atoms. The van der Waals surface area contributed by atoms with E-state index >= 15 is 0 Å². The third kappa shape index (κ3) is 6.23. The highest BCUT2D eigenvalue weighted by atomic mass is 79.9. The molecule has 10 heteroatoms. The number of carbonyl (C=O) groups excluding carboxylic acids is 1. The van der Waals surface area contributed by atoms with E-state index in [-0.39, 0.29) is 17.6 Å². The van der Waals surface area contributed by atoms with Crippen molar-refractivity contribution in [3.05, 3.63) is 56.8 Å². The Bertz CT molecular complexity index is 1030. The van der Waals surface area contributed by atoms with Gasteiger partial charge in [0.2, 0.25) is 0 Å². The highest BCUT2D eigenvalue weighted by molar-refractivity contribution is 9.10. The number of thiazole rings is 1. The number of halogens is 2. The highest BCUT2D eigenvalue weighted by Gasteiger charge is 2.10. The SMILES string of the molecule is COc1ccc(-c2csc(NC(=S)NC(=O)COc3ccc(Br)cc3)n2)cc1Br. The van der Waals surface area contributed by atoms with E-state index in [0.717, 1.165) is 26.0 Å². The number of anilines is 1. The van der Waals surface area contributed by atoms with Gasteiger partial charge < -0.3 is 14.8 Å². The maximum atomic E-state index is 12.0. The zero-order chi connectivity index (χ0) is 20.8. The van der Waals surface area contributed by atoms with Gasteiger partial charge in [-0.3, -0.25) is 10.1 Å². The average molecular weight is 557 g/mol. The third-order valence-electron chi connectivity index (χ3n) is 3.61. The molecule has 3 aromatic rings. The van der Waals surface area contributed by atoms with E-state index in [1.807, 2.05) is 35.7 Å². The van der Waals surface area contributed by atoms with Crippen LogP contribution in [-0.4, -0.2) is 29.7 Å². The fourth-order valence-electron chi connectivity index (χ4n) is 2.26. The molecule has 3 rings (SSSR count). The first-order valence-electron chi connectivity index (χ1n) is 8.23. The molecule has 1 heterocycles. The van der Waals surface area contributed by atoms with Crippen LogP contribution in [0.1, 0.15) is 0 Å². The molecule has 2 aromatic carbocycles. The summed E-state index contributed by atoms with van der Waals surface area (Å²) in [5.74, 6) is 0.982. The van der Waals surface area contributed by atoms with E-state index < -0.39 is 0 Å². The van der Waals surface area contributed by atoms with Crippen LogP contribution < -0.4 is 20.1 Å². The van der Waals surface area contributed by atoms with Gasteiger partial charge in [-0.05, 0) is 70.6 Å². The Labute approximate surface area is 193 Å². The Hall–Kier alpha value is -2.01. The first kappa shape index (κ1) is 21.7. The Morgan fingerprint density at radius 1 is 1.21 bits per heavy atom. The van der Waals surface area contributed by atoms with Gasteiger partial charge >= 0.3 is 0 Å². The predicted octanol–water partition coefficient (Wildman–Crippen LogP) is 5.24. The lowest BCUT2D eigenvalue weighted by molar-refractivity contribution is -0.121. The summed E-state index contributed by atoms with van der Waals surface area (Å²) in [5.41, 5.74) is 1.72. The number of carbonyl (C=O) groups is 1. The van der Waals surface area contributed by atoms with Crippen molar-refractivity contribution in [2.45, 2.75) is 0 Å². The molecular weight excluding hydrogens is 542 g/mol. The number of benzene rings is 2. The fraction of sp³-hybridized carbons (Fsp3) is 0.105. The van der Waals surface area contributed by atoms with Crippen molar-refractivity contribution in [3.8, 4) is 22.8 Å². The molecule has 0 spiro atoms. The maximum Gasteiger partial charge on any atom is 0.264 e. The summed E-state index contributed by atoms with van der Waals surface area (Å²) in [5, 5.41) is 8.12. The molecule has 0 aliphatic heterocycles. The predicted molar refractivity (Wildman–Crippen MR) is 126 cm³/mol. The molecule has 0 atom stereocenters. The summed E-state index contributed by atoms with van der Waals surface area (Å²) < 4.78 is 12.4. The quantitative estimate of drug-likeness (QED) is 0.405. The number of hydrogen-bond acceptors (Lipinski definition) is 6. The second-order valence-corrected chi connectivity index (χ2v) is 8.67. The molecule has 1 aromatic heterocycles. The van der Waals surface area contributed by atoms with Crippen molar-refractivity contribution >= 4 is 71.6 Å². The Morgan fingerprint density at radius 3 is 2.66 bits per heavy atom. The van der Waals surface area contributed by atoms with E-state index in [1.54, 1.807) is 19.2 Å². The molecule has 0 aliphatic carbocycles. The summed E-state index contributed by atoms with van der Waals surface area (Å²) in [6.45, 7) is -0.146. The molecule has 0 bridgehead atoms. The van der Waals surface area contributed by atoms with Gasteiger partial charge in [-0.15, -0.1) is 11.3 Å². The van der Waals surface area contributed by atoms with Crippen LogP contribution in [0.5, 0.6) is 11.5 Å². The van der Waals surface area contributed by atoms with Gasteiger partial charge in [-0.2, -0.15) is 0 Å². The maximum absolute atomic E-state index is 12.0. The zero-order valence-corrected chi connectivity index (χ0v) is 19.9. The van der Waals surface area contributed by atoms with Crippen molar-refractivity contribution in [1.29, 1.82) is 0 Å². The molecule has 2 N–H and O–H groups in total. The van der Waals surface area contributed by atoms with Gasteiger partial charge in [-0.25, -0.2) is 4.98 Å². The minimum absolute atomic E-state index is 0.146. The molecule has 0 saturated carbocycles. The largest absolute Gasteiger partial charge is 0.496 e. The van der Waals surface area contributed by atoms with Crippen LogP contribution in [0.15, 0.2) is 56.8 Å². The molecule has 150 valence electrons. The Balaban J connectivity index is 1.52. The van der Waals surface area contributed by atoms with Crippen LogP contribution in [0.2, 0.25) is 0 Å². The lowest BCUT2D eigenvalue weighted by atomic mass is 10.2. The minimum atomic E-state index is -0.360. The van der Waals surface area contributed by atoms with Crippen LogP contribution in [0.3, 0.4) is 0 Å². The molecule has 0 fully saturated rings. The van der Waals surface area contributed by atoms with Gasteiger partial charge in [0.1, 0.15) is 11.5 Å². The van der Waals surface area contributed by atoms with Crippen molar-refractivity contribution in [1.82, 2.24) is 10.3 Å². The highest BCUT2D eigenvalue weighted by Crippen LogP contribution is 2.32. The van der Waals surface area contributed by atoms with Crippen LogP contribution in [-0.2, 0) is 4.79 Å². The number of rotatable bonds is 6. The molecule has 1 amide bonds. The Morgan fingerprint density at radius 2 is 1.97 bits per heavy atom. The van der Waals surface area contributed by atoms with Crippen LogP contribution >= 0.6 is 55.4 Å². The molecule has 0 aliphatic rings. The van der Waals surface area contributed by atoms with E-state index in [9.17, 15) is 4.79 Å². The number of hydrogen-bond donors (Lipinski definition) is 2. The number of amides is 1. The number of nitrogens with zero attached hydrogens (tertiary/aromatic N) is 1. The van der Waals surface area contributed by atoms with Crippen molar-refractivity contribution in [3.63, 3.8) is 0 Å². The number of methoxy groups -OCH3 is 1. The molecule has 0 radical (unpaired) electrons. The zero-order valence-electron chi connectivity index (χ0n) is 15.1. The Kier molecular flexibility index (Phi) is 7.59. The van der Waals surface area contributed by atoms with E-state index in [4.69, 9.17) is 21.7 Å². The summed E-state index contributed by atoms with van der Waals surface area (Å²) >= 11 is 13.4. The second kappa shape index (κ2) is 10.1. The van der Waals surface area contributed by atoms with Gasteiger partial charge in [-0.1, -0.05) is 15.9 Å². The third-order valence-corrected chi connectivity index (χ3v) is 5.72. The number of nitrogens with one attached hydrogen (secondary N) is 2. The van der Waals surface area contributed by atoms with Gasteiger partial charge in [0.25, 0.3) is 5.91 Å². The smallest absolute Gasteiger partial charge is 0.264 e. The standard InChI is InChI=1S/C19H15Br2N3O3S2/c1-26-16-7-2-11(8-14(16)21)15-10-29-19(22-15)24-18(28)23-17(25)9-27-13-5-3-12(20)4-6-13/h2-8,10H,9H2,1H3,(H2,22,23,24,25,28). The first-order valence-corrected chi connectivity index (χ1v) is 11.1. The summed E-state index contributed by atoms with van der Waals surface area (Å²) in [4.78, 5) is 16.5. The lowest BCUT2D eigenvalue weighted by Crippen LogP contribution is -2.37. The second-order valence-electron chi connectivity index (χ2n) is 5.63. The topological polar surface area (TPSA) is 72.5 Å². The average Bonchev–Trinajstić information content (AvgIpc) is 3.15. The van der Waals surface area contributed by atoms with Crippen molar-refractivity contribution in [2.24, 2.45) is 0 Å². The van der Waals surface area contributed by atoms with E-state index in [2.05, 4.69) is 47.5 Å². The minimum Gasteiger partial charge on any atom is -0.496 e. The molecular formula is C19H15Br2N3O3S2. The molecule has 0 saturated heterocycles. The first-order chi connectivity index (χ1) is 13.9. The van der Waals surface area contributed by atoms with Crippen LogP contribution in [0, 0.1) is 0 Å². The van der Waals surface area contributed by atoms with Crippen LogP contribution in [0.25, 0.3) is 11.3 Å². The summed E-state index contributed by atoms with van der Waals surface area (Å²) in [7, 11) is 1.61. The van der Waals surface area contributed by atoms with Crippen molar-refractivity contribution in [2.75, 3.05) is 19.0 Å². The number of aromatic nitrogens is 1. The summed E-state index contributed by atoms with van der Waals surface area (Å²) in [6, 6.07) is 12.9. The number of ether oxygens (including phenoxy) is 2. The van der Waals surface area contributed by atoms with Gasteiger partial charge in [0.15, 0.2) is 16.9 Å². The summed E-state index contributed by atoms with van der Waals surface area (Å²) in [6.07, 6.45) is 0. The monoisotopic (exact) mass is 555 g/mol.